The maximum absolute atomic E-state index is 15.3. The predicted octanol–water partition coefficient (Wildman–Crippen LogP) is 11.7. The van der Waals surface area contributed by atoms with E-state index in [9.17, 15) is 22.0 Å². The van der Waals surface area contributed by atoms with Crippen molar-refractivity contribution in [1.82, 2.24) is 0 Å². The Morgan fingerprint density at radius 3 is 1.94 bits per heavy atom. The van der Waals surface area contributed by atoms with Crippen LogP contribution in [0, 0.1) is 52.2 Å². The predicted molar refractivity (Wildman–Crippen MR) is 162 cm³/mol. The molecule has 0 amide bonds. The van der Waals surface area contributed by atoms with Gasteiger partial charge in [0, 0.05) is 11.6 Å². The molecule has 0 unspecified atom stereocenters. The van der Waals surface area contributed by atoms with Gasteiger partial charge >= 0.3 is 6.11 Å². The lowest BCUT2D eigenvalue weighted by Crippen LogP contribution is -2.25. The molecule has 5 rings (SSSR count). The number of hydrogen-bond acceptors (Lipinski definition) is 2. The molecule has 0 atom stereocenters. The second kappa shape index (κ2) is 14.2. The average molecular weight is 658 g/mol. The quantitative estimate of drug-likeness (QED) is 0.126. The number of nitrogens with zero attached hydrogens (tertiary/aromatic N) is 1. The number of benzene rings is 4. The van der Waals surface area contributed by atoms with Crippen LogP contribution < -0.4 is 4.74 Å². The monoisotopic (exact) mass is 657 g/mol. The smallest absolute Gasteiger partial charge is 0.429 e. The summed E-state index contributed by atoms with van der Waals surface area (Å²) in [5, 5.41) is 8.77. The van der Waals surface area contributed by atoms with E-state index in [1.54, 1.807) is 6.07 Å². The molecule has 0 bridgehead atoms. The summed E-state index contributed by atoms with van der Waals surface area (Å²) >= 11 is 0. The van der Waals surface area contributed by atoms with Crippen LogP contribution in [0.4, 0.5) is 35.1 Å². The van der Waals surface area contributed by atoms with Crippen LogP contribution in [0.5, 0.6) is 5.75 Å². The average Bonchev–Trinajstić information content (AvgIpc) is 3.00. The van der Waals surface area contributed by atoms with Crippen molar-refractivity contribution in [3.8, 4) is 34.1 Å². The molecule has 1 aliphatic rings. The summed E-state index contributed by atoms with van der Waals surface area (Å²) in [5.41, 5.74) is -3.41. The molecule has 47 heavy (non-hydrogen) atoms. The minimum absolute atomic E-state index is 0.0740. The van der Waals surface area contributed by atoms with Gasteiger partial charge in [0.05, 0.1) is 11.1 Å². The van der Waals surface area contributed by atoms with Gasteiger partial charge in [-0.1, -0.05) is 44.7 Å². The molecule has 0 aliphatic heterocycles. The molecule has 4 aromatic carbocycles. The van der Waals surface area contributed by atoms with Crippen LogP contribution in [-0.4, -0.2) is 0 Å². The summed E-state index contributed by atoms with van der Waals surface area (Å²) < 4.78 is 123. The number of rotatable bonds is 10. The van der Waals surface area contributed by atoms with Crippen LogP contribution in [-0.2, 0) is 6.11 Å². The van der Waals surface area contributed by atoms with Crippen LogP contribution in [0.15, 0.2) is 60.7 Å². The number of hydrogen-bond donors (Lipinski definition) is 0. The molecule has 0 radical (unpaired) electrons. The fraction of sp³-hybridized carbons (Fsp3) is 0.324. The Morgan fingerprint density at radius 2 is 1.36 bits per heavy atom. The Labute approximate surface area is 267 Å². The molecule has 246 valence electrons. The van der Waals surface area contributed by atoms with Gasteiger partial charge in [-0.3, -0.25) is 0 Å². The first-order valence-corrected chi connectivity index (χ1v) is 15.5. The molecule has 0 heterocycles. The fourth-order valence-corrected chi connectivity index (χ4v) is 6.34. The molecule has 0 N–H and O–H groups in total. The highest BCUT2D eigenvalue weighted by molar-refractivity contribution is 5.72. The molecule has 4 aromatic rings. The summed E-state index contributed by atoms with van der Waals surface area (Å²) in [5.74, 6) is -8.21. The summed E-state index contributed by atoms with van der Waals surface area (Å²) in [6.07, 6.45) is 4.14. The molecule has 1 saturated carbocycles. The van der Waals surface area contributed by atoms with E-state index in [2.05, 4.69) is 11.7 Å². The van der Waals surface area contributed by atoms with E-state index in [1.165, 1.54) is 43.9 Å². The van der Waals surface area contributed by atoms with Crippen LogP contribution >= 0.6 is 0 Å². The molecular formula is C37H31F8NO. The van der Waals surface area contributed by atoms with E-state index in [-0.39, 0.29) is 17.0 Å². The molecule has 0 spiro atoms. The van der Waals surface area contributed by atoms with E-state index in [0.29, 0.717) is 24.1 Å². The standard InChI is InChI=1S/C37H31F8NO/c1-2-3-4-5-21-6-8-22(9-7-21)23-11-13-28(30(39)14-23)25-15-31(40)35(32(41)16-25)26-17-33(42)36(34(43)18-26)37(44,45)47-27-12-10-24(20-46)29(38)19-27/h10-19,21-22H,2-9H2,1H3. The SMILES string of the molecule is CCCCCC1CCC(c2ccc(-c3cc(F)c(-c4cc(F)c(C(F)(F)Oc5ccc(C#N)c(F)c5)c(F)c4)c(F)c3)c(F)c2)CC1. The minimum Gasteiger partial charge on any atom is -0.429 e. The Balaban J connectivity index is 1.35. The van der Waals surface area contributed by atoms with Gasteiger partial charge in [-0.2, -0.15) is 14.0 Å². The van der Waals surface area contributed by atoms with Gasteiger partial charge in [0.2, 0.25) is 0 Å². The number of halogens is 8. The molecule has 1 aliphatic carbocycles. The molecule has 0 saturated heterocycles. The Hall–Kier alpha value is -4.39. The van der Waals surface area contributed by atoms with Crippen molar-refractivity contribution in [2.24, 2.45) is 5.92 Å². The summed E-state index contributed by atoms with van der Waals surface area (Å²) in [6.45, 7) is 2.17. The van der Waals surface area contributed by atoms with Gasteiger partial charge in [0.15, 0.2) is 0 Å². The van der Waals surface area contributed by atoms with Crippen LogP contribution in [0.3, 0.4) is 0 Å². The maximum Gasteiger partial charge on any atom is 0.432 e. The van der Waals surface area contributed by atoms with Gasteiger partial charge in [-0.25, -0.2) is 26.3 Å². The van der Waals surface area contributed by atoms with Crippen molar-refractivity contribution in [2.75, 3.05) is 0 Å². The van der Waals surface area contributed by atoms with Crippen LogP contribution in [0.25, 0.3) is 22.3 Å². The molecular weight excluding hydrogens is 626 g/mol. The number of nitriles is 1. The maximum atomic E-state index is 15.3. The number of unbranched alkanes of at least 4 members (excludes halogenated alkanes) is 2. The summed E-state index contributed by atoms with van der Waals surface area (Å²) in [4.78, 5) is 0. The zero-order valence-corrected chi connectivity index (χ0v) is 25.5. The molecule has 2 nitrogen and oxygen atoms in total. The van der Waals surface area contributed by atoms with Crippen molar-refractivity contribution >= 4 is 0 Å². The first kappa shape index (κ1) is 34.0. The highest BCUT2D eigenvalue weighted by Crippen LogP contribution is 2.41. The Bertz CT molecular complexity index is 1760. The van der Waals surface area contributed by atoms with Gasteiger partial charge in [0.1, 0.15) is 52.3 Å². The third kappa shape index (κ3) is 7.45. The van der Waals surface area contributed by atoms with E-state index < -0.39 is 69.0 Å². The van der Waals surface area contributed by atoms with Crippen molar-refractivity contribution in [3.63, 3.8) is 0 Å². The lowest BCUT2D eigenvalue weighted by atomic mass is 9.77. The van der Waals surface area contributed by atoms with Crippen molar-refractivity contribution in [1.29, 1.82) is 5.26 Å². The van der Waals surface area contributed by atoms with E-state index in [1.807, 2.05) is 0 Å². The van der Waals surface area contributed by atoms with Gasteiger partial charge in [-0.05, 0) is 96.7 Å². The Morgan fingerprint density at radius 1 is 0.723 bits per heavy atom. The zero-order chi connectivity index (χ0) is 33.9. The van der Waals surface area contributed by atoms with Gasteiger partial charge in [0.25, 0.3) is 0 Å². The van der Waals surface area contributed by atoms with Crippen molar-refractivity contribution in [2.45, 2.75) is 70.3 Å². The first-order chi connectivity index (χ1) is 22.4. The van der Waals surface area contributed by atoms with E-state index in [0.717, 1.165) is 55.5 Å². The van der Waals surface area contributed by atoms with Gasteiger partial charge in [-0.15, -0.1) is 0 Å². The van der Waals surface area contributed by atoms with Crippen LogP contribution in [0.2, 0.25) is 0 Å². The lowest BCUT2D eigenvalue weighted by molar-refractivity contribution is -0.189. The highest BCUT2D eigenvalue weighted by Gasteiger charge is 2.41. The lowest BCUT2D eigenvalue weighted by Gasteiger charge is -2.29. The van der Waals surface area contributed by atoms with Crippen molar-refractivity contribution in [3.05, 3.63) is 112 Å². The molecule has 1 fully saturated rings. The summed E-state index contributed by atoms with van der Waals surface area (Å²) in [7, 11) is 0. The topological polar surface area (TPSA) is 33.0 Å². The minimum atomic E-state index is -4.67. The Kier molecular flexibility index (Phi) is 10.2. The summed E-state index contributed by atoms with van der Waals surface area (Å²) in [6, 6.07) is 10.4. The second-order valence-corrected chi connectivity index (χ2v) is 12.0. The van der Waals surface area contributed by atoms with E-state index in [4.69, 9.17) is 5.26 Å². The van der Waals surface area contributed by atoms with Crippen LogP contribution in [0.1, 0.15) is 80.9 Å². The highest BCUT2D eigenvalue weighted by atomic mass is 19.3. The van der Waals surface area contributed by atoms with E-state index >= 15 is 13.2 Å². The number of ether oxygens (including phenoxy) is 1. The largest absolute Gasteiger partial charge is 0.432 e. The molecule has 10 heteroatoms. The zero-order valence-electron chi connectivity index (χ0n) is 25.5. The molecule has 0 aromatic heterocycles. The third-order valence-electron chi connectivity index (χ3n) is 8.81. The number of alkyl halides is 2. The normalized spacial score (nSPS) is 16.6. The van der Waals surface area contributed by atoms with Gasteiger partial charge < -0.3 is 4.74 Å². The first-order valence-electron chi connectivity index (χ1n) is 15.5. The van der Waals surface area contributed by atoms with Crippen molar-refractivity contribution < 1.29 is 39.9 Å². The third-order valence-corrected chi connectivity index (χ3v) is 8.81. The fourth-order valence-electron chi connectivity index (χ4n) is 6.34. The second-order valence-electron chi connectivity index (χ2n) is 12.0.